The molecule has 0 saturated heterocycles. The summed E-state index contributed by atoms with van der Waals surface area (Å²) < 4.78 is 5.43. The van der Waals surface area contributed by atoms with Gasteiger partial charge in [-0.1, -0.05) is 11.6 Å². The van der Waals surface area contributed by atoms with Crippen LogP contribution in [0.15, 0.2) is 18.2 Å². The molecule has 0 bridgehead atoms. The molecule has 1 aliphatic carbocycles. The van der Waals surface area contributed by atoms with E-state index in [4.69, 9.17) is 22.1 Å². The summed E-state index contributed by atoms with van der Waals surface area (Å²) in [6, 6.07) is 4.81. The van der Waals surface area contributed by atoms with Crippen molar-refractivity contribution in [2.24, 2.45) is 5.92 Å². The Hall–Kier alpha value is -1.26. The number of benzene rings is 1. The Morgan fingerprint density at radius 1 is 1.44 bits per heavy atom. The first-order chi connectivity index (χ1) is 8.65. The van der Waals surface area contributed by atoms with E-state index in [0.717, 1.165) is 12.5 Å². The number of carbonyl (C=O) groups excluding carboxylic acids is 1. The molecule has 1 aromatic rings. The summed E-state index contributed by atoms with van der Waals surface area (Å²) in [5.41, 5.74) is 6.58. The first-order valence-electron chi connectivity index (χ1n) is 6.07. The second-order valence-electron chi connectivity index (χ2n) is 4.55. The van der Waals surface area contributed by atoms with Gasteiger partial charge in [0.2, 0.25) is 0 Å². The lowest BCUT2D eigenvalue weighted by Gasteiger charge is -2.07. The summed E-state index contributed by atoms with van der Waals surface area (Å²) in [5, 5.41) is 3.23. The van der Waals surface area contributed by atoms with Crippen molar-refractivity contribution in [2.45, 2.75) is 12.8 Å². The van der Waals surface area contributed by atoms with E-state index in [2.05, 4.69) is 5.32 Å². The van der Waals surface area contributed by atoms with Crippen molar-refractivity contribution in [3.8, 4) is 0 Å². The lowest BCUT2D eigenvalue weighted by atomic mass is 10.2. The van der Waals surface area contributed by atoms with Gasteiger partial charge in [0.15, 0.2) is 0 Å². The molecule has 1 amide bonds. The van der Waals surface area contributed by atoms with Gasteiger partial charge in [-0.3, -0.25) is 4.79 Å². The average Bonchev–Trinajstić information content (AvgIpc) is 3.11. The molecule has 4 nitrogen and oxygen atoms in total. The highest BCUT2D eigenvalue weighted by molar-refractivity contribution is 6.31. The first-order valence-corrected chi connectivity index (χ1v) is 6.45. The molecule has 0 aliphatic heterocycles. The topological polar surface area (TPSA) is 64.4 Å². The lowest BCUT2D eigenvalue weighted by molar-refractivity contribution is 0.0906. The van der Waals surface area contributed by atoms with Crippen LogP contribution in [0.5, 0.6) is 0 Å². The number of rotatable bonds is 6. The smallest absolute Gasteiger partial charge is 0.251 e. The van der Waals surface area contributed by atoms with Crippen LogP contribution in [-0.2, 0) is 4.74 Å². The minimum absolute atomic E-state index is 0.181. The molecular weight excluding hydrogens is 252 g/mol. The Balaban J connectivity index is 1.72. The Morgan fingerprint density at radius 2 is 2.22 bits per heavy atom. The van der Waals surface area contributed by atoms with Crippen LogP contribution in [0.2, 0.25) is 5.02 Å². The molecule has 5 heteroatoms. The second kappa shape index (κ2) is 6.07. The van der Waals surface area contributed by atoms with Gasteiger partial charge in [0.05, 0.1) is 6.61 Å². The summed E-state index contributed by atoms with van der Waals surface area (Å²) in [4.78, 5) is 11.8. The van der Waals surface area contributed by atoms with Crippen LogP contribution in [0.25, 0.3) is 0 Å². The molecular formula is C13H17ClN2O2. The van der Waals surface area contributed by atoms with E-state index < -0.39 is 0 Å². The largest absolute Gasteiger partial charge is 0.399 e. The van der Waals surface area contributed by atoms with Gasteiger partial charge in [0.1, 0.15) is 0 Å². The van der Waals surface area contributed by atoms with Crippen molar-refractivity contribution in [2.75, 3.05) is 25.5 Å². The quantitative estimate of drug-likeness (QED) is 0.613. The highest BCUT2D eigenvalue weighted by atomic mass is 35.5. The number of anilines is 1. The van der Waals surface area contributed by atoms with Crippen molar-refractivity contribution in [3.05, 3.63) is 28.8 Å². The van der Waals surface area contributed by atoms with E-state index in [1.807, 2.05) is 0 Å². The molecule has 1 aromatic carbocycles. The van der Waals surface area contributed by atoms with Gasteiger partial charge in [-0.25, -0.2) is 0 Å². The van der Waals surface area contributed by atoms with Crippen LogP contribution in [0.1, 0.15) is 23.2 Å². The van der Waals surface area contributed by atoms with Crippen LogP contribution in [0.4, 0.5) is 5.69 Å². The molecule has 1 saturated carbocycles. The van der Waals surface area contributed by atoms with Gasteiger partial charge in [-0.05, 0) is 37.0 Å². The van der Waals surface area contributed by atoms with Gasteiger partial charge in [-0.15, -0.1) is 0 Å². The monoisotopic (exact) mass is 268 g/mol. The number of hydrogen-bond acceptors (Lipinski definition) is 3. The fourth-order valence-electron chi connectivity index (χ4n) is 1.62. The summed E-state index contributed by atoms with van der Waals surface area (Å²) in [6.45, 7) is 1.84. The second-order valence-corrected chi connectivity index (χ2v) is 4.98. The van der Waals surface area contributed by atoms with Crippen LogP contribution in [0.3, 0.4) is 0 Å². The Morgan fingerprint density at radius 3 is 2.89 bits per heavy atom. The summed E-state index contributed by atoms with van der Waals surface area (Å²) in [7, 11) is 0. The normalized spacial score (nSPS) is 14.5. The zero-order valence-corrected chi connectivity index (χ0v) is 10.9. The zero-order chi connectivity index (χ0) is 13.0. The van der Waals surface area contributed by atoms with E-state index >= 15 is 0 Å². The van der Waals surface area contributed by atoms with Gasteiger partial charge in [0, 0.05) is 29.4 Å². The lowest BCUT2D eigenvalue weighted by Crippen LogP contribution is -2.27. The average molecular weight is 269 g/mol. The van der Waals surface area contributed by atoms with E-state index in [-0.39, 0.29) is 5.91 Å². The Kier molecular flexibility index (Phi) is 4.44. The van der Waals surface area contributed by atoms with E-state index in [1.54, 1.807) is 18.2 Å². The Bertz CT molecular complexity index is 413. The molecule has 3 N–H and O–H groups in total. The predicted molar refractivity (Wildman–Crippen MR) is 71.7 cm³/mol. The van der Waals surface area contributed by atoms with Gasteiger partial charge in [0.25, 0.3) is 5.91 Å². The summed E-state index contributed by atoms with van der Waals surface area (Å²) in [5.74, 6) is 0.563. The van der Waals surface area contributed by atoms with Crippen molar-refractivity contribution in [1.82, 2.24) is 5.32 Å². The number of ether oxygens (including phenoxy) is 1. The number of nitrogens with two attached hydrogens (primary N) is 1. The maximum Gasteiger partial charge on any atom is 0.251 e. The third kappa shape index (κ3) is 4.20. The molecule has 0 unspecified atom stereocenters. The molecule has 2 rings (SSSR count). The molecule has 1 aliphatic rings. The number of halogens is 1. The van der Waals surface area contributed by atoms with Crippen LogP contribution < -0.4 is 11.1 Å². The van der Waals surface area contributed by atoms with Crippen molar-refractivity contribution >= 4 is 23.2 Å². The zero-order valence-electron chi connectivity index (χ0n) is 10.1. The SMILES string of the molecule is Nc1cc(Cl)cc(C(=O)NCCOCC2CC2)c1. The molecule has 0 atom stereocenters. The number of nitrogen functional groups attached to an aromatic ring is 1. The van der Waals surface area contributed by atoms with Crippen molar-refractivity contribution in [1.29, 1.82) is 0 Å². The minimum Gasteiger partial charge on any atom is -0.399 e. The number of amides is 1. The maximum absolute atomic E-state index is 11.8. The van der Waals surface area contributed by atoms with E-state index in [9.17, 15) is 4.79 Å². The molecule has 98 valence electrons. The van der Waals surface area contributed by atoms with Gasteiger partial charge < -0.3 is 15.8 Å². The van der Waals surface area contributed by atoms with Crippen LogP contribution in [-0.4, -0.2) is 25.7 Å². The highest BCUT2D eigenvalue weighted by Gasteiger charge is 2.20. The van der Waals surface area contributed by atoms with E-state index in [1.165, 1.54) is 12.8 Å². The summed E-state index contributed by atoms with van der Waals surface area (Å²) in [6.07, 6.45) is 2.54. The maximum atomic E-state index is 11.8. The molecule has 1 fully saturated rings. The third-order valence-corrected chi connectivity index (χ3v) is 2.98. The third-order valence-electron chi connectivity index (χ3n) is 2.76. The number of nitrogens with one attached hydrogen (secondary N) is 1. The van der Waals surface area contributed by atoms with Crippen molar-refractivity contribution < 1.29 is 9.53 Å². The fraction of sp³-hybridized carbons (Fsp3) is 0.462. The van der Waals surface area contributed by atoms with E-state index in [0.29, 0.717) is 29.4 Å². The molecule has 0 spiro atoms. The van der Waals surface area contributed by atoms with Crippen molar-refractivity contribution in [3.63, 3.8) is 0 Å². The standard InChI is InChI=1S/C13H17ClN2O2/c14-11-5-10(6-12(15)7-11)13(17)16-3-4-18-8-9-1-2-9/h5-7,9H,1-4,8,15H2,(H,16,17). The predicted octanol–water partition coefficient (Wildman–Crippen LogP) is 2.08. The van der Waals surface area contributed by atoms with Crippen LogP contribution in [0, 0.1) is 5.92 Å². The van der Waals surface area contributed by atoms with Gasteiger partial charge in [-0.2, -0.15) is 0 Å². The van der Waals surface area contributed by atoms with Gasteiger partial charge >= 0.3 is 0 Å². The van der Waals surface area contributed by atoms with Crippen LogP contribution >= 0.6 is 11.6 Å². The number of hydrogen-bond donors (Lipinski definition) is 2. The molecule has 0 heterocycles. The molecule has 0 radical (unpaired) electrons. The highest BCUT2D eigenvalue weighted by Crippen LogP contribution is 2.28. The molecule has 18 heavy (non-hydrogen) atoms. The summed E-state index contributed by atoms with van der Waals surface area (Å²) >= 11 is 5.84. The number of carbonyl (C=O) groups is 1. The Labute approximate surface area is 111 Å². The first kappa shape index (κ1) is 13.2. The minimum atomic E-state index is -0.181. The molecule has 0 aromatic heterocycles. The fourth-order valence-corrected chi connectivity index (χ4v) is 1.86.